The van der Waals surface area contributed by atoms with E-state index in [2.05, 4.69) is 17.1 Å². The Hall–Kier alpha value is -2.14. The number of aryl methyl sites for hydroxylation is 2. The maximum Gasteiger partial charge on any atom is 0.357 e. The van der Waals surface area contributed by atoms with Gasteiger partial charge in [0.1, 0.15) is 11.3 Å². The number of aromatic nitrogens is 2. The van der Waals surface area contributed by atoms with Crippen LogP contribution in [-0.4, -0.2) is 32.8 Å². The maximum atomic E-state index is 12.2. The van der Waals surface area contributed by atoms with Crippen LogP contribution >= 0.6 is 0 Å². The van der Waals surface area contributed by atoms with Crippen LogP contribution in [0.15, 0.2) is 42.9 Å². The number of hydrogen-bond donors (Lipinski definition) is 1. The number of ether oxygens (including phenoxy) is 1. The number of imidazole rings is 1. The number of carbonyl (C=O) groups is 1. The molecular formula is C16H18N2O3. The molecule has 21 heavy (non-hydrogen) atoms. The maximum absolute atomic E-state index is 12.2. The second-order valence-electron chi connectivity index (χ2n) is 5.44. The summed E-state index contributed by atoms with van der Waals surface area (Å²) in [6, 6.07) is 10.1. The van der Waals surface area contributed by atoms with Crippen molar-refractivity contribution in [2.75, 3.05) is 6.61 Å². The van der Waals surface area contributed by atoms with E-state index in [-0.39, 0.29) is 6.61 Å². The minimum Gasteiger partial charge on any atom is -0.452 e. The van der Waals surface area contributed by atoms with E-state index >= 15 is 0 Å². The lowest BCUT2D eigenvalue weighted by Crippen LogP contribution is -2.25. The van der Waals surface area contributed by atoms with Crippen LogP contribution in [-0.2, 0) is 17.7 Å². The molecule has 0 bridgehead atoms. The second-order valence-corrected chi connectivity index (χ2v) is 5.44. The fourth-order valence-electron chi connectivity index (χ4n) is 2.24. The van der Waals surface area contributed by atoms with Crippen LogP contribution in [0.4, 0.5) is 0 Å². The van der Waals surface area contributed by atoms with Gasteiger partial charge in [-0.3, -0.25) is 0 Å². The molecule has 0 aliphatic heterocycles. The molecule has 1 fully saturated rings. The Morgan fingerprint density at radius 3 is 2.76 bits per heavy atom. The molecule has 0 unspecified atom stereocenters. The molecule has 2 aromatic rings. The Morgan fingerprint density at radius 1 is 1.33 bits per heavy atom. The van der Waals surface area contributed by atoms with Crippen molar-refractivity contribution in [3.05, 3.63) is 54.1 Å². The molecule has 1 aliphatic rings. The van der Waals surface area contributed by atoms with Gasteiger partial charge in [0.15, 0.2) is 0 Å². The third-order valence-electron chi connectivity index (χ3n) is 3.81. The van der Waals surface area contributed by atoms with Crippen LogP contribution in [0.5, 0.6) is 0 Å². The molecule has 0 amide bonds. The van der Waals surface area contributed by atoms with Gasteiger partial charge in [0.25, 0.3) is 0 Å². The highest BCUT2D eigenvalue weighted by Gasteiger charge is 2.46. The Bertz CT molecular complexity index is 617. The van der Waals surface area contributed by atoms with E-state index < -0.39 is 11.6 Å². The minimum atomic E-state index is -0.647. The van der Waals surface area contributed by atoms with Crippen molar-refractivity contribution in [3.8, 4) is 0 Å². The lowest BCUT2D eigenvalue weighted by molar-refractivity contribution is 0.00248. The Balaban J connectivity index is 1.65. The van der Waals surface area contributed by atoms with Gasteiger partial charge in [-0.25, -0.2) is 9.78 Å². The van der Waals surface area contributed by atoms with E-state index in [0.29, 0.717) is 12.2 Å². The summed E-state index contributed by atoms with van der Waals surface area (Å²) in [6.45, 7) is 0.553. The van der Waals surface area contributed by atoms with Crippen LogP contribution in [0, 0.1) is 0 Å². The van der Waals surface area contributed by atoms with Crippen molar-refractivity contribution in [2.24, 2.45) is 0 Å². The topological polar surface area (TPSA) is 64.3 Å². The number of esters is 1. The average Bonchev–Trinajstić information content (AvgIpc) is 3.12. The van der Waals surface area contributed by atoms with E-state index in [1.807, 2.05) is 18.2 Å². The molecule has 1 aliphatic carbocycles. The second kappa shape index (κ2) is 5.69. The van der Waals surface area contributed by atoms with Gasteiger partial charge in [0.2, 0.25) is 0 Å². The number of benzene rings is 1. The zero-order valence-corrected chi connectivity index (χ0v) is 11.7. The molecule has 5 heteroatoms. The fourth-order valence-corrected chi connectivity index (χ4v) is 2.24. The molecule has 1 saturated carbocycles. The summed E-state index contributed by atoms with van der Waals surface area (Å²) in [5.41, 5.74) is 0.996. The first-order valence-electron chi connectivity index (χ1n) is 7.11. The van der Waals surface area contributed by atoms with Crippen molar-refractivity contribution in [1.82, 2.24) is 9.55 Å². The van der Waals surface area contributed by atoms with Crippen molar-refractivity contribution < 1.29 is 14.6 Å². The van der Waals surface area contributed by atoms with Gasteiger partial charge in [0.05, 0.1) is 19.1 Å². The number of aliphatic hydroxyl groups excluding tert-OH is 1. The predicted molar refractivity (Wildman–Crippen MR) is 76.8 cm³/mol. The summed E-state index contributed by atoms with van der Waals surface area (Å²) < 4.78 is 7.18. The molecule has 5 nitrogen and oxygen atoms in total. The van der Waals surface area contributed by atoms with Crippen molar-refractivity contribution in [2.45, 2.75) is 31.4 Å². The van der Waals surface area contributed by atoms with E-state index in [1.165, 1.54) is 11.8 Å². The highest BCUT2D eigenvalue weighted by atomic mass is 16.6. The van der Waals surface area contributed by atoms with Crippen LogP contribution in [0.3, 0.4) is 0 Å². The first-order chi connectivity index (χ1) is 10.2. The van der Waals surface area contributed by atoms with Crippen molar-refractivity contribution in [3.63, 3.8) is 0 Å². The summed E-state index contributed by atoms with van der Waals surface area (Å²) in [4.78, 5) is 16.2. The normalized spacial score (nSPS) is 15.7. The zero-order valence-electron chi connectivity index (χ0n) is 11.7. The monoisotopic (exact) mass is 286 g/mol. The summed E-state index contributed by atoms with van der Waals surface area (Å²) in [6.07, 6.45) is 5.43. The molecule has 1 N–H and O–H groups in total. The van der Waals surface area contributed by atoms with Crippen LogP contribution in [0.2, 0.25) is 0 Å². The SMILES string of the molecule is O=C(OC1(CO)CC1)c1cncn1CCc1ccccc1. The summed E-state index contributed by atoms with van der Waals surface area (Å²) >= 11 is 0. The third-order valence-corrected chi connectivity index (χ3v) is 3.81. The Kier molecular flexibility index (Phi) is 3.75. The molecule has 1 aromatic heterocycles. The molecule has 110 valence electrons. The minimum absolute atomic E-state index is 0.114. The summed E-state index contributed by atoms with van der Waals surface area (Å²) in [7, 11) is 0. The average molecular weight is 286 g/mol. The number of rotatable bonds is 6. The highest BCUT2D eigenvalue weighted by molar-refractivity contribution is 5.87. The summed E-state index contributed by atoms with van der Waals surface area (Å²) in [5.74, 6) is -0.410. The summed E-state index contributed by atoms with van der Waals surface area (Å²) in [5, 5.41) is 9.22. The van der Waals surface area contributed by atoms with Gasteiger partial charge in [-0.15, -0.1) is 0 Å². The van der Waals surface area contributed by atoms with E-state index in [0.717, 1.165) is 19.3 Å². The molecular weight excluding hydrogens is 268 g/mol. The van der Waals surface area contributed by atoms with Crippen molar-refractivity contribution in [1.29, 1.82) is 0 Å². The molecule has 0 radical (unpaired) electrons. The Labute approximate surface area is 123 Å². The largest absolute Gasteiger partial charge is 0.452 e. The molecule has 1 aromatic carbocycles. The van der Waals surface area contributed by atoms with Gasteiger partial charge in [-0.2, -0.15) is 0 Å². The van der Waals surface area contributed by atoms with Crippen LogP contribution in [0.1, 0.15) is 28.9 Å². The van der Waals surface area contributed by atoms with E-state index in [1.54, 1.807) is 10.9 Å². The molecule has 0 atom stereocenters. The lowest BCUT2D eigenvalue weighted by Gasteiger charge is -2.14. The smallest absolute Gasteiger partial charge is 0.357 e. The molecule has 0 spiro atoms. The number of nitrogens with zero attached hydrogens (tertiary/aromatic N) is 2. The molecule has 0 saturated heterocycles. The van der Waals surface area contributed by atoms with Gasteiger partial charge in [0, 0.05) is 6.54 Å². The fraction of sp³-hybridized carbons (Fsp3) is 0.375. The number of aliphatic hydroxyl groups is 1. The first kappa shape index (κ1) is 13.8. The third kappa shape index (κ3) is 3.13. The number of carbonyl (C=O) groups excluding carboxylic acids is 1. The van der Waals surface area contributed by atoms with Gasteiger partial charge in [-0.05, 0) is 24.8 Å². The predicted octanol–water partition coefficient (Wildman–Crippen LogP) is 1.81. The van der Waals surface area contributed by atoms with E-state index in [9.17, 15) is 9.90 Å². The van der Waals surface area contributed by atoms with Crippen LogP contribution in [0.25, 0.3) is 0 Å². The van der Waals surface area contributed by atoms with E-state index in [4.69, 9.17) is 4.74 Å². The van der Waals surface area contributed by atoms with Gasteiger partial charge in [-0.1, -0.05) is 30.3 Å². The first-order valence-corrected chi connectivity index (χ1v) is 7.11. The van der Waals surface area contributed by atoms with Crippen LogP contribution < -0.4 is 0 Å². The molecule has 3 rings (SSSR count). The van der Waals surface area contributed by atoms with Gasteiger partial charge < -0.3 is 14.4 Å². The highest BCUT2D eigenvalue weighted by Crippen LogP contribution is 2.39. The zero-order chi connectivity index (χ0) is 14.7. The lowest BCUT2D eigenvalue weighted by atomic mass is 10.1. The van der Waals surface area contributed by atoms with Gasteiger partial charge >= 0.3 is 5.97 Å². The standard InChI is InChI=1S/C16H18N2O3/c19-11-16(7-8-16)21-15(20)14-10-17-12-18(14)9-6-13-4-2-1-3-5-13/h1-5,10,12,19H,6-9,11H2. The molecule has 1 heterocycles. The van der Waals surface area contributed by atoms with Crippen molar-refractivity contribution >= 4 is 5.97 Å². The quantitative estimate of drug-likeness (QED) is 0.823. The Morgan fingerprint density at radius 2 is 2.10 bits per heavy atom. The number of hydrogen-bond acceptors (Lipinski definition) is 4.